The number of carbonyl (C=O) groups excluding carboxylic acids is 1. The molecule has 1 amide bonds. The highest BCUT2D eigenvalue weighted by Crippen LogP contribution is 2.11. The zero-order valence-corrected chi connectivity index (χ0v) is 7.25. The fourth-order valence-corrected chi connectivity index (χ4v) is 1.17. The minimum Gasteiger partial charge on any atom is -0.394 e. The van der Waals surface area contributed by atoms with Crippen molar-refractivity contribution in [3.8, 4) is 0 Å². The van der Waals surface area contributed by atoms with Crippen molar-refractivity contribution in [1.29, 1.82) is 0 Å². The number of hydrogen-bond acceptors (Lipinski definition) is 3. The van der Waals surface area contributed by atoms with Crippen molar-refractivity contribution in [1.82, 2.24) is 5.32 Å². The average Bonchev–Trinajstić information content (AvgIpc) is 2.56. The number of ether oxygens (including phenoxy) is 1. The summed E-state index contributed by atoms with van der Waals surface area (Å²) in [6.07, 6.45) is 1.45. The van der Waals surface area contributed by atoms with E-state index in [1.54, 1.807) is 6.92 Å². The standard InChI is InChI=1S/C8H15NO3/c1-6(5-10)9-8(11)7-3-2-4-12-7/h6-7,10H,2-5H2,1H3,(H,9,11)/t6-,7+/m1/s1. The van der Waals surface area contributed by atoms with Gasteiger partial charge in [-0.2, -0.15) is 0 Å². The molecule has 0 radical (unpaired) electrons. The number of rotatable bonds is 3. The molecule has 1 saturated heterocycles. The van der Waals surface area contributed by atoms with Crippen LogP contribution in [0.2, 0.25) is 0 Å². The Morgan fingerprint density at radius 3 is 3.08 bits per heavy atom. The van der Waals surface area contributed by atoms with Gasteiger partial charge in [-0.15, -0.1) is 0 Å². The molecule has 0 aromatic carbocycles. The van der Waals surface area contributed by atoms with E-state index in [-0.39, 0.29) is 24.7 Å². The van der Waals surface area contributed by atoms with Gasteiger partial charge in [-0.05, 0) is 19.8 Å². The molecule has 0 bridgehead atoms. The van der Waals surface area contributed by atoms with Crippen LogP contribution in [0.4, 0.5) is 0 Å². The third kappa shape index (κ3) is 2.46. The summed E-state index contributed by atoms with van der Waals surface area (Å²) in [6, 6.07) is -0.179. The predicted octanol–water partition coefficient (Wildman–Crippen LogP) is -0.338. The third-order valence-electron chi connectivity index (χ3n) is 1.88. The maximum atomic E-state index is 11.3. The van der Waals surface area contributed by atoms with Crippen LogP contribution in [0.3, 0.4) is 0 Å². The van der Waals surface area contributed by atoms with E-state index in [2.05, 4.69) is 5.32 Å². The van der Waals surface area contributed by atoms with Crippen molar-refractivity contribution in [3.63, 3.8) is 0 Å². The van der Waals surface area contributed by atoms with E-state index in [0.29, 0.717) is 6.61 Å². The third-order valence-corrected chi connectivity index (χ3v) is 1.88. The second-order valence-corrected chi connectivity index (χ2v) is 3.09. The van der Waals surface area contributed by atoms with Crippen LogP contribution in [-0.4, -0.2) is 36.4 Å². The zero-order chi connectivity index (χ0) is 8.97. The quantitative estimate of drug-likeness (QED) is 0.614. The lowest BCUT2D eigenvalue weighted by Crippen LogP contribution is -2.41. The van der Waals surface area contributed by atoms with Crippen LogP contribution in [0.25, 0.3) is 0 Å². The van der Waals surface area contributed by atoms with E-state index in [9.17, 15) is 4.79 Å². The topological polar surface area (TPSA) is 58.6 Å². The van der Waals surface area contributed by atoms with Crippen molar-refractivity contribution < 1.29 is 14.6 Å². The first kappa shape index (κ1) is 9.48. The molecule has 1 heterocycles. The fourth-order valence-electron chi connectivity index (χ4n) is 1.17. The van der Waals surface area contributed by atoms with Crippen LogP contribution < -0.4 is 5.32 Å². The van der Waals surface area contributed by atoms with Gasteiger partial charge in [-0.3, -0.25) is 4.79 Å². The Morgan fingerprint density at radius 2 is 2.58 bits per heavy atom. The Kier molecular flexibility index (Phi) is 3.49. The smallest absolute Gasteiger partial charge is 0.249 e. The molecule has 70 valence electrons. The summed E-state index contributed by atoms with van der Waals surface area (Å²) in [4.78, 5) is 11.3. The summed E-state index contributed by atoms with van der Waals surface area (Å²) in [5, 5.41) is 11.3. The minimum atomic E-state index is -0.293. The molecule has 4 nitrogen and oxygen atoms in total. The van der Waals surface area contributed by atoms with Crippen LogP contribution in [0.1, 0.15) is 19.8 Å². The lowest BCUT2D eigenvalue weighted by Gasteiger charge is -2.14. The number of nitrogens with one attached hydrogen (secondary N) is 1. The molecule has 0 aliphatic carbocycles. The maximum absolute atomic E-state index is 11.3. The summed E-state index contributed by atoms with van der Waals surface area (Å²) >= 11 is 0. The summed E-state index contributed by atoms with van der Waals surface area (Å²) in [6.45, 7) is 2.40. The highest BCUT2D eigenvalue weighted by Gasteiger charge is 2.23. The molecule has 0 aromatic heterocycles. The van der Waals surface area contributed by atoms with Crippen molar-refractivity contribution in [2.45, 2.75) is 31.9 Å². The van der Waals surface area contributed by atoms with Crippen molar-refractivity contribution in [2.75, 3.05) is 13.2 Å². The summed E-state index contributed by atoms with van der Waals surface area (Å²) in [5.74, 6) is -0.103. The molecule has 1 fully saturated rings. The van der Waals surface area contributed by atoms with Gasteiger partial charge in [0, 0.05) is 12.6 Å². The molecular weight excluding hydrogens is 158 g/mol. The summed E-state index contributed by atoms with van der Waals surface area (Å²) in [5.41, 5.74) is 0. The second kappa shape index (κ2) is 4.42. The monoisotopic (exact) mass is 173 g/mol. The Hall–Kier alpha value is -0.610. The molecule has 0 spiro atoms. The summed E-state index contributed by atoms with van der Waals surface area (Å²) < 4.78 is 5.17. The first-order chi connectivity index (χ1) is 5.74. The van der Waals surface area contributed by atoms with Gasteiger partial charge in [0.1, 0.15) is 6.10 Å². The number of aliphatic hydroxyl groups excluding tert-OH is 1. The molecule has 0 saturated carbocycles. The summed E-state index contributed by atoms with van der Waals surface area (Å²) in [7, 11) is 0. The van der Waals surface area contributed by atoms with Gasteiger partial charge < -0.3 is 15.2 Å². The van der Waals surface area contributed by atoms with Crippen LogP contribution in [-0.2, 0) is 9.53 Å². The molecule has 1 aliphatic rings. The molecule has 0 unspecified atom stereocenters. The Balaban J connectivity index is 2.27. The molecule has 1 rings (SSSR count). The van der Waals surface area contributed by atoms with Gasteiger partial charge >= 0.3 is 0 Å². The lowest BCUT2D eigenvalue weighted by molar-refractivity contribution is -0.130. The highest BCUT2D eigenvalue weighted by atomic mass is 16.5. The van der Waals surface area contributed by atoms with E-state index >= 15 is 0 Å². The van der Waals surface area contributed by atoms with Gasteiger partial charge in [-0.1, -0.05) is 0 Å². The molecule has 2 atom stereocenters. The van der Waals surface area contributed by atoms with Gasteiger partial charge in [0.05, 0.1) is 6.61 Å². The van der Waals surface area contributed by atoms with E-state index in [1.807, 2.05) is 0 Å². The van der Waals surface area contributed by atoms with Crippen LogP contribution >= 0.6 is 0 Å². The molecule has 4 heteroatoms. The number of aliphatic hydroxyl groups is 1. The van der Waals surface area contributed by atoms with Crippen molar-refractivity contribution >= 4 is 5.91 Å². The predicted molar refractivity (Wildman–Crippen MR) is 43.7 cm³/mol. The zero-order valence-electron chi connectivity index (χ0n) is 7.25. The van der Waals surface area contributed by atoms with E-state index < -0.39 is 0 Å². The van der Waals surface area contributed by atoms with E-state index in [0.717, 1.165) is 12.8 Å². The van der Waals surface area contributed by atoms with Crippen molar-refractivity contribution in [2.24, 2.45) is 0 Å². The molecule has 2 N–H and O–H groups in total. The largest absolute Gasteiger partial charge is 0.394 e. The highest BCUT2D eigenvalue weighted by molar-refractivity contribution is 5.81. The molecule has 1 aliphatic heterocycles. The number of carbonyl (C=O) groups is 1. The van der Waals surface area contributed by atoms with E-state index in [1.165, 1.54) is 0 Å². The Bertz CT molecular complexity index is 154. The van der Waals surface area contributed by atoms with Crippen LogP contribution in [0.15, 0.2) is 0 Å². The van der Waals surface area contributed by atoms with Crippen LogP contribution in [0, 0.1) is 0 Å². The lowest BCUT2D eigenvalue weighted by atomic mass is 10.2. The average molecular weight is 173 g/mol. The van der Waals surface area contributed by atoms with Gasteiger partial charge in [0.25, 0.3) is 0 Å². The van der Waals surface area contributed by atoms with Gasteiger partial charge in [-0.25, -0.2) is 0 Å². The first-order valence-corrected chi connectivity index (χ1v) is 4.27. The number of hydrogen-bond donors (Lipinski definition) is 2. The maximum Gasteiger partial charge on any atom is 0.249 e. The Labute approximate surface area is 71.9 Å². The first-order valence-electron chi connectivity index (χ1n) is 4.27. The fraction of sp³-hybridized carbons (Fsp3) is 0.875. The second-order valence-electron chi connectivity index (χ2n) is 3.09. The molecule has 12 heavy (non-hydrogen) atoms. The molecule has 0 aromatic rings. The van der Waals surface area contributed by atoms with Crippen LogP contribution in [0.5, 0.6) is 0 Å². The number of amides is 1. The molecular formula is C8H15NO3. The van der Waals surface area contributed by atoms with Gasteiger partial charge in [0.2, 0.25) is 5.91 Å². The Morgan fingerprint density at radius 1 is 1.83 bits per heavy atom. The SMILES string of the molecule is C[C@H](CO)NC(=O)[C@@H]1CCCO1. The van der Waals surface area contributed by atoms with Crippen molar-refractivity contribution in [3.05, 3.63) is 0 Å². The minimum absolute atomic E-state index is 0.0293. The van der Waals surface area contributed by atoms with Gasteiger partial charge in [0.15, 0.2) is 0 Å². The van der Waals surface area contributed by atoms with E-state index in [4.69, 9.17) is 9.84 Å². The normalized spacial score (nSPS) is 25.3.